The maximum atomic E-state index is 15.5. The van der Waals surface area contributed by atoms with Gasteiger partial charge in [0, 0.05) is 48.8 Å². The van der Waals surface area contributed by atoms with Crippen molar-refractivity contribution in [1.29, 1.82) is 0 Å². The molecule has 3 amide bonds. The molecule has 1 aliphatic heterocycles. The minimum absolute atomic E-state index is 0.00829. The number of carboxylic acid groups (broad SMARTS) is 1. The number of rotatable bonds is 12. The van der Waals surface area contributed by atoms with Gasteiger partial charge in [-0.25, -0.2) is 13.6 Å². The fourth-order valence-electron chi connectivity index (χ4n) is 8.26. The van der Waals surface area contributed by atoms with Crippen LogP contribution >= 0.6 is 0 Å². The summed E-state index contributed by atoms with van der Waals surface area (Å²) in [6.07, 6.45) is -8.30. The zero-order chi connectivity index (χ0) is 42.8. The van der Waals surface area contributed by atoms with Crippen LogP contribution in [0.3, 0.4) is 0 Å². The second-order valence-corrected chi connectivity index (χ2v) is 14.7. The van der Waals surface area contributed by atoms with Gasteiger partial charge in [0.15, 0.2) is 6.04 Å². The van der Waals surface area contributed by atoms with Gasteiger partial charge in [0.25, 0.3) is 5.91 Å². The highest BCUT2D eigenvalue weighted by molar-refractivity contribution is 6.00. The molecule has 18 heteroatoms. The van der Waals surface area contributed by atoms with Crippen molar-refractivity contribution < 1.29 is 68.9 Å². The zero-order valence-corrected chi connectivity index (χ0v) is 31.3. The molecular weight excluding hydrogens is 798 g/mol. The molecule has 0 radical (unpaired) electrons. The summed E-state index contributed by atoms with van der Waals surface area (Å²) in [6.45, 7) is 0.670. The topological polar surface area (TPSA) is 143 Å². The predicted octanol–water partition coefficient (Wildman–Crippen LogP) is 7.99. The number of hydrogen-bond acceptors (Lipinski definition) is 6. The van der Waals surface area contributed by atoms with Crippen molar-refractivity contribution in [2.45, 2.75) is 63.0 Å². The van der Waals surface area contributed by atoms with Crippen LogP contribution in [0.25, 0.3) is 11.1 Å². The molecule has 316 valence electrons. The van der Waals surface area contributed by atoms with Crippen LogP contribution in [0.5, 0.6) is 5.75 Å². The number of alkyl halides is 6. The maximum absolute atomic E-state index is 15.5. The van der Waals surface area contributed by atoms with Crippen LogP contribution < -0.4 is 20.7 Å². The first kappa shape index (κ1) is 43.1. The van der Waals surface area contributed by atoms with Crippen molar-refractivity contribution in [3.05, 3.63) is 94.6 Å². The summed E-state index contributed by atoms with van der Waals surface area (Å²) in [5, 5.41) is 17.7. The number of carbonyl (C=O) groups is 4. The van der Waals surface area contributed by atoms with Gasteiger partial charge in [-0.15, -0.1) is 0 Å². The molecule has 2 bridgehead atoms. The maximum Gasteiger partial charge on any atom is 0.419 e. The molecule has 3 aliphatic rings. The fraction of sp³-hybridized carbons (Fsp3) is 0.415. The number of nitrogens with one attached hydrogen (secondary N) is 3. The molecular formula is C41H39F8N3O7. The Labute approximate surface area is 332 Å². The third-order valence-electron chi connectivity index (χ3n) is 11.1. The Kier molecular flexibility index (Phi) is 12.7. The van der Waals surface area contributed by atoms with Crippen LogP contribution in [0.15, 0.2) is 66.2 Å². The third-order valence-corrected chi connectivity index (χ3v) is 11.1. The number of benzene rings is 3. The third kappa shape index (κ3) is 9.69. The molecule has 5 atom stereocenters. The smallest absolute Gasteiger partial charge is 0.419 e. The van der Waals surface area contributed by atoms with Crippen LogP contribution in [0.2, 0.25) is 0 Å². The van der Waals surface area contributed by atoms with Crippen LogP contribution in [0.4, 0.5) is 40.8 Å². The summed E-state index contributed by atoms with van der Waals surface area (Å²) in [5.41, 5.74) is -1.75. The standard InChI is InChI=1S/C41H39F8N3O7/c1-58-32-11-5-21(27-18-22(4-9-30(27)42)34(39(56)57)51-36(53)20-12-15-59-16-13-20)17-28(32)37(54)52-35-26-8-7-25(24(26)3-2-14-40(44,45)46)33(35)38(55)50-23-6-10-31(43)29(19-23)41(47,48)49/h3-6,9-11,17-20,25-26,33-35H,2,7-8,12-16H2,1H3,(H,50,55)(H,51,53)(H,52,54)(H,56,57)/t25?,26?,33-,34?,35?/m0/s1. The van der Waals surface area contributed by atoms with Crippen LogP contribution in [0, 0.1) is 35.3 Å². The summed E-state index contributed by atoms with van der Waals surface area (Å²) in [6, 6.07) is 6.67. The number of carbonyl (C=O) groups excluding carboxylic acids is 3. The van der Waals surface area contributed by atoms with Crippen molar-refractivity contribution in [2.24, 2.45) is 23.7 Å². The normalized spacial score (nSPS) is 21.9. The lowest BCUT2D eigenvalue weighted by atomic mass is 9.83. The second kappa shape index (κ2) is 17.4. The number of carboxylic acids is 1. The lowest BCUT2D eigenvalue weighted by Crippen LogP contribution is -2.48. The first-order chi connectivity index (χ1) is 27.9. The second-order valence-electron chi connectivity index (χ2n) is 14.7. The van der Waals surface area contributed by atoms with E-state index < -0.39 is 108 Å². The summed E-state index contributed by atoms with van der Waals surface area (Å²) >= 11 is 0. The Morgan fingerprint density at radius 3 is 2.24 bits per heavy atom. The summed E-state index contributed by atoms with van der Waals surface area (Å²) in [4.78, 5) is 53.3. The van der Waals surface area contributed by atoms with Crippen molar-refractivity contribution in [3.8, 4) is 16.9 Å². The first-order valence-electron chi connectivity index (χ1n) is 18.7. The molecule has 1 heterocycles. The lowest BCUT2D eigenvalue weighted by Gasteiger charge is -2.30. The van der Waals surface area contributed by atoms with Crippen molar-refractivity contribution in [2.75, 3.05) is 25.6 Å². The summed E-state index contributed by atoms with van der Waals surface area (Å²) in [5.74, 6) is -9.01. The Bertz CT molecular complexity index is 2130. The molecule has 0 spiro atoms. The number of anilines is 1. The van der Waals surface area contributed by atoms with E-state index in [0.717, 1.165) is 12.1 Å². The molecule has 4 N–H and O–H groups in total. The van der Waals surface area contributed by atoms with Gasteiger partial charge in [-0.2, -0.15) is 26.3 Å². The van der Waals surface area contributed by atoms with Gasteiger partial charge in [0.2, 0.25) is 11.8 Å². The van der Waals surface area contributed by atoms with Crippen molar-refractivity contribution in [3.63, 3.8) is 0 Å². The lowest BCUT2D eigenvalue weighted by molar-refractivity contribution is -0.143. The molecule has 2 saturated carbocycles. The highest BCUT2D eigenvalue weighted by atomic mass is 19.4. The molecule has 3 aromatic rings. The number of fused-ring (bicyclic) bond motifs is 2. The Balaban J connectivity index is 1.30. The van der Waals surface area contributed by atoms with E-state index in [1.165, 1.54) is 43.5 Å². The number of aliphatic carboxylic acids is 1. The molecule has 2 aliphatic carbocycles. The van der Waals surface area contributed by atoms with Gasteiger partial charge in [-0.05, 0) is 91.6 Å². The molecule has 59 heavy (non-hydrogen) atoms. The van der Waals surface area contributed by atoms with E-state index in [1.54, 1.807) is 0 Å². The quantitative estimate of drug-likeness (QED) is 0.107. The van der Waals surface area contributed by atoms with Crippen LogP contribution in [-0.4, -0.2) is 61.3 Å². The van der Waals surface area contributed by atoms with E-state index in [4.69, 9.17) is 9.47 Å². The molecule has 6 rings (SSSR count). The van der Waals surface area contributed by atoms with Crippen molar-refractivity contribution >= 4 is 29.4 Å². The van der Waals surface area contributed by atoms with E-state index in [9.17, 15) is 55.0 Å². The Morgan fingerprint density at radius 1 is 0.881 bits per heavy atom. The van der Waals surface area contributed by atoms with Gasteiger partial charge in [0.05, 0.1) is 24.2 Å². The number of methoxy groups -OCH3 is 1. The number of amides is 3. The molecule has 1 saturated heterocycles. The van der Waals surface area contributed by atoms with E-state index in [0.29, 0.717) is 56.6 Å². The predicted molar refractivity (Wildman–Crippen MR) is 195 cm³/mol. The highest BCUT2D eigenvalue weighted by Gasteiger charge is 2.54. The minimum atomic E-state index is -5.08. The average molecular weight is 838 g/mol. The minimum Gasteiger partial charge on any atom is -0.496 e. The first-order valence-corrected chi connectivity index (χ1v) is 18.7. The van der Waals surface area contributed by atoms with E-state index >= 15 is 4.39 Å². The van der Waals surface area contributed by atoms with E-state index in [-0.39, 0.29) is 28.0 Å². The molecule has 0 aromatic heterocycles. The van der Waals surface area contributed by atoms with Crippen LogP contribution in [-0.2, 0) is 25.3 Å². The van der Waals surface area contributed by atoms with Gasteiger partial charge < -0.3 is 30.5 Å². The SMILES string of the molecule is COc1ccc(-c2cc(C(NC(=O)C3CCOCC3)C(=O)O)ccc2F)cc1C(=O)NC1C2CCC(C2=CCCC(F)(F)F)[C@@H]1C(=O)Nc1ccc(F)c(C(F)(F)F)c1. The molecule has 10 nitrogen and oxygen atoms in total. The summed E-state index contributed by atoms with van der Waals surface area (Å²) < 4.78 is 120. The Hall–Kier alpha value is -5.52. The van der Waals surface area contributed by atoms with Crippen LogP contribution in [0.1, 0.15) is 66.1 Å². The van der Waals surface area contributed by atoms with Gasteiger partial charge in [0.1, 0.15) is 17.4 Å². The fourth-order valence-corrected chi connectivity index (χ4v) is 8.26. The van der Waals surface area contributed by atoms with Gasteiger partial charge >= 0.3 is 18.3 Å². The average Bonchev–Trinajstić information content (AvgIpc) is 3.71. The number of halogens is 8. The monoisotopic (exact) mass is 837 g/mol. The highest BCUT2D eigenvalue weighted by Crippen LogP contribution is 2.53. The van der Waals surface area contributed by atoms with E-state index in [2.05, 4.69) is 16.0 Å². The zero-order valence-electron chi connectivity index (χ0n) is 31.3. The summed E-state index contributed by atoms with van der Waals surface area (Å²) in [7, 11) is 1.25. The number of hydrogen-bond donors (Lipinski definition) is 4. The largest absolute Gasteiger partial charge is 0.496 e. The molecule has 4 unspecified atom stereocenters. The number of ether oxygens (including phenoxy) is 2. The number of allylic oxidation sites excluding steroid dienone is 1. The van der Waals surface area contributed by atoms with E-state index in [1.807, 2.05) is 0 Å². The van der Waals surface area contributed by atoms with Gasteiger partial charge in [-0.1, -0.05) is 23.8 Å². The van der Waals surface area contributed by atoms with Gasteiger partial charge in [-0.3, -0.25) is 14.4 Å². The Morgan fingerprint density at radius 2 is 1.58 bits per heavy atom. The van der Waals surface area contributed by atoms with Crippen molar-refractivity contribution in [1.82, 2.24) is 10.6 Å². The molecule has 3 fully saturated rings. The molecule has 3 aromatic carbocycles.